The van der Waals surface area contributed by atoms with Crippen molar-refractivity contribution in [2.75, 3.05) is 0 Å². The first-order valence-electron chi connectivity index (χ1n) is 7.15. The summed E-state index contributed by atoms with van der Waals surface area (Å²) in [7, 11) is 0. The summed E-state index contributed by atoms with van der Waals surface area (Å²) >= 11 is 3.13. The van der Waals surface area contributed by atoms with Gasteiger partial charge in [0.25, 0.3) is 5.92 Å². The molecule has 0 saturated heterocycles. The molecule has 0 aliphatic carbocycles. The maximum atomic E-state index is 15.1. The molecular formula is C16H11BrF4N4. The van der Waals surface area contributed by atoms with E-state index >= 15 is 8.78 Å². The quantitative estimate of drug-likeness (QED) is 0.585. The van der Waals surface area contributed by atoms with Crippen LogP contribution in [-0.4, -0.2) is 19.7 Å². The number of halogens is 5. The molecule has 0 N–H and O–H groups in total. The van der Waals surface area contributed by atoms with Gasteiger partial charge < -0.3 is 0 Å². The van der Waals surface area contributed by atoms with Gasteiger partial charge in [-0.25, -0.2) is 13.8 Å². The zero-order valence-corrected chi connectivity index (χ0v) is 14.2. The van der Waals surface area contributed by atoms with E-state index in [-0.39, 0.29) is 12.1 Å². The van der Waals surface area contributed by atoms with E-state index in [9.17, 15) is 8.78 Å². The van der Waals surface area contributed by atoms with Crippen molar-refractivity contribution in [1.29, 1.82) is 0 Å². The molecule has 2 aromatic heterocycles. The Morgan fingerprint density at radius 1 is 1.16 bits per heavy atom. The standard InChI is InChI=1S/C16H11BrF4N4/c17-10-1-4-15(23-6-10)16(20,21)13(7-25-9-22-8-24-25)12-3-2-11(18)5-14(12)19/h1-6,8-9,13H,7H2. The van der Waals surface area contributed by atoms with Gasteiger partial charge in [-0.2, -0.15) is 13.9 Å². The van der Waals surface area contributed by atoms with Gasteiger partial charge in [0, 0.05) is 16.7 Å². The van der Waals surface area contributed by atoms with Crippen molar-refractivity contribution in [3.05, 3.63) is 76.5 Å². The third-order valence-corrected chi connectivity index (χ3v) is 4.15. The molecule has 3 rings (SSSR count). The van der Waals surface area contributed by atoms with Gasteiger partial charge in [-0.15, -0.1) is 0 Å². The molecule has 0 spiro atoms. The Labute approximate surface area is 148 Å². The average Bonchev–Trinajstić information content (AvgIpc) is 3.07. The zero-order valence-electron chi connectivity index (χ0n) is 12.6. The van der Waals surface area contributed by atoms with Gasteiger partial charge >= 0.3 is 0 Å². The highest BCUT2D eigenvalue weighted by atomic mass is 79.9. The van der Waals surface area contributed by atoms with Crippen LogP contribution >= 0.6 is 15.9 Å². The minimum absolute atomic E-state index is 0.327. The molecule has 0 amide bonds. The Morgan fingerprint density at radius 2 is 1.96 bits per heavy atom. The van der Waals surface area contributed by atoms with E-state index in [0.29, 0.717) is 10.5 Å². The van der Waals surface area contributed by atoms with Gasteiger partial charge in [-0.3, -0.25) is 9.67 Å². The fourth-order valence-electron chi connectivity index (χ4n) is 2.46. The third kappa shape index (κ3) is 3.71. The number of aromatic nitrogens is 4. The van der Waals surface area contributed by atoms with E-state index in [2.05, 4.69) is 31.0 Å². The lowest BCUT2D eigenvalue weighted by molar-refractivity contribution is -0.0454. The smallest absolute Gasteiger partial charge is 0.254 e. The predicted molar refractivity (Wildman–Crippen MR) is 85.0 cm³/mol. The molecule has 0 saturated carbocycles. The van der Waals surface area contributed by atoms with Crippen molar-refractivity contribution >= 4 is 15.9 Å². The highest BCUT2D eigenvalue weighted by Crippen LogP contribution is 2.43. The molecule has 0 bridgehead atoms. The summed E-state index contributed by atoms with van der Waals surface area (Å²) in [6.07, 6.45) is 3.67. The summed E-state index contributed by atoms with van der Waals surface area (Å²) in [6, 6.07) is 5.11. The van der Waals surface area contributed by atoms with Crippen molar-refractivity contribution in [2.24, 2.45) is 0 Å². The van der Waals surface area contributed by atoms with Crippen molar-refractivity contribution in [3.8, 4) is 0 Å². The fourth-order valence-corrected chi connectivity index (χ4v) is 2.69. The first kappa shape index (κ1) is 17.5. The molecule has 0 aliphatic rings. The van der Waals surface area contributed by atoms with Gasteiger partial charge in [-0.1, -0.05) is 6.07 Å². The third-order valence-electron chi connectivity index (χ3n) is 3.68. The summed E-state index contributed by atoms with van der Waals surface area (Å²) in [5, 5.41) is 3.80. The van der Waals surface area contributed by atoms with Gasteiger partial charge in [-0.05, 0) is 39.7 Å². The minimum Gasteiger partial charge on any atom is -0.254 e. The molecule has 0 radical (unpaired) electrons. The first-order chi connectivity index (χ1) is 11.9. The van der Waals surface area contributed by atoms with Crippen molar-refractivity contribution in [2.45, 2.75) is 18.4 Å². The molecular weight excluding hydrogens is 404 g/mol. The van der Waals surface area contributed by atoms with Gasteiger partial charge in [0.1, 0.15) is 30.0 Å². The SMILES string of the molecule is Fc1ccc(C(Cn2cncn2)C(F)(F)c2ccc(Br)cn2)c(F)c1. The molecule has 1 unspecified atom stereocenters. The van der Waals surface area contributed by atoms with Crippen LogP contribution in [0.15, 0.2) is 53.7 Å². The first-order valence-corrected chi connectivity index (χ1v) is 7.94. The topological polar surface area (TPSA) is 43.6 Å². The summed E-state index contributed by atoms with van der Waals surface area (Å²) in [5.41, 5.74) is -0.851. The highest BCUT2D eigenvalue weighted by Gasteiger charge is 2.45. The predicted octanol–water partition coefficient (Wildman–Crippen LogP) is 4.29. The van der Waals surface area contributed by atoms with Crippen LogP contribution in [0.5, 0.6) is 0 Å². The van der Waals surface area contributed by atoms with Crippen LogP contribution in [-0.2, 0) is 12.5 Å². The van der Waals surface area contributed by atoms with Gasteiger partial charge in [0.05, 0.1) is 12.5 Å². The molecule has 0 aliphatic heterocycles. The Bertz CT molecular complexity index is 853. The maximum Gasteiger partial charge on any atom is 0.298 e. The summed E-state index contributed by atoms with van der Waals surface area (Å²) in [6.45, 7) is -0.354. The van der Waals surface area contributed by atoms with Crippen molar-refractivity contribution < 1.29 is 17.6 Å². The van der Waals surface area contributed by atoms with E-state index in [4.69, 9.17) is 0 Å². The van der Waals surface area contributed by atoms with Crippen LogP contribution in [0, 0.1) is 11.6 Å². The molecule has 1 aromatic carbocycles. The van der Waals surface area contributed by atoms with E-state index in [1.807, 2.05) is 0 Å². The van der Waals surface area contributed by atoms with Crippen LogP contribution in [0.3, 0.4) is 0 Å². The number of hydrogen-bond donors (Lipinski definition) is 0. The van der Waals surface area contributed by atoms with Gasteiger partial charge in [0.2, 0.25) is 0 Å². The Kier molecular flexibility index (Phi) is 4.85. The lowest BCUT2D eigenvalue weighted by atomic mass is 9.89. The Morgan fingerprint density at radius 3 is 2.56 bits per heavy atom. The summed E-state index contributed by atoms with van der Waals surface area (Å²) in [4.78, 5) is 7.44. The van der Waals surface area contributed by atoms with E-state index in [1.165, 1.54) is 29.6 Å². The molecule has 1 atom stereocenters. The van der Waals surface area contributed by atoms with Crippen molar-refractivity contribution in [3.63, 3.8) is 0 Å². The molecule has 130 valence electrons. The molecule has 3 aromatic rings. The number of rotatable bonds is 5. The lowest BCUT2D eigenvalue weighted by Crippen LogP contribution is -2.30. The molecule has 9 heteroatoms. The molecule has 25 heavy (non-hydrogen) atoms. The monoisotopic (exact) mass is 414 g/mol. The second-order valence-corrected chi connectivity index (χ2v) is 6.24. The van der Waals surface area contributed by atoms with Crippen molar-refractivity contribution in [1.82, 2.24) is 19.7 Å². The van der Waals surface area contributed by atoms with E-state index < -0.39 is 29.2 Å². The van der Waals surface area contributed by atoms with Crippen LogP contribution < -0.4 is 0 Å². The van der Waals surface area contributed by atoms with Crippen LogP contribution in [0.2, 0.25) is 0 Å². The number of nitrogens with zero attached hydrogens (tertiary/aromatic N) is 4. The van der Waals surface area contributed by atoms with E-state index in [0.717, 1.165) is 18.2 Å². The average molecular weight is 415 g/mol. The molecule has 2 heterocycles. The maximum absolute atomic E-state index is 15.1. The number of pyridine rings is 1. The highest BCUT2D eigenvalue weighted by molar-refractivity contribution is 9.10. The second-order valence-electron chi connectivity index (χ2n) is 5.32. The summed E-state index contributed by atoms with van der Waals surface area (Å²) < 4.78 is 59.3. The Hall–Kier alpha value is -2.29. The van der Waals surface area contributed by atoms with Crippen LogP contribution in [0.4, 0.5) is 17.6 Å². The van der Waals surface area contributed by atoms with Crippen LogP contribution in [0.25, 0.3) is 0 Å². The number of alkyl halides is 2. The van der Waals surface area contributed by atoms with Crippen LogP contribution in [0.1, 0.15) is 17.2 Å². The molecule has 0 fully saturated rings. The van der Waals surface area contributed by atoms with Gasteiger partial charge in [0.15, 0.2) is 0 Å². The normalized spacial score (nSPS) is 13.0. The number of benzene rings is 1. The Balaban J connectivity index is 2.07. The minimum atomic E-state index is -3.52. The second kappa shape index (κ2) is 6.91. The fraction of sp³-hybridized carbons (Fsp3) is 0.188. The largest absolute Gasteiger partial charge is 0.298 e. The number of hydrogen-bond acceptors (Lipinski definition) is 3. The summed E-state index contributed by atoms with van der Waals surface area (Å²) in [5.74, 6) is -7.07. The zero-order chi connectivity index (χ0) is 18.0. The molecule has 4 nitrogen and oxygen atoms in total. The van der Waals surface area contributed by atoms with E-state index in [1.54, 1.807) is 0 Å². The lowest BCUT2D eigenvalue weighted by Gasteiger charge is -2.27.